The lowest BCUT2D eigenvalue weighted by molar-refractivity contribution is -0.118. The molecule has 2 heterocycles. The van der Waals surface area contributed by atoms with E-state index < -0.39 is 5.82 Å². The first-order chi connectivity index (χ1) is 14.4. The molecule has 0 saturated heterocycles. The maximum atomic E-state index is 13.1. The summed E-state index contributed by atoms with van der Waals surface area (Å²) in [6.45, 7) is 4.05. The highest BCUT2D eigenvalue weighted by Gasteiger charge is 2.62. The van der Waals surface area contributed by atoms with Crippen molar-refractivity contribution in [2.24, 2.45) is 17.3 Å². The van der Waals surface area contributed by atoms with Gasteiger partial charge in [0.25, 0.3) is 0 Å². The van der Waals surface area contributed by atoms with Gasteiger partial charge in [-0.2, -0.15) is 0 Å². The Bertz CT molecular complexity index is 1020. The molecule has 30 heavy (non-hydrogen) atoms. The van der Waals surface area contributed by atoms with E-state index in [0.717, 1.165) is 18.3 Å². The summed E-state index contributed by atoms with van der Waals surface area (Å²) < 4.78 is 19.2. The molecule has 2 aromatic rings. The number of carbonyl (C=O) groups is 1. The third kappa shape index (κ3) is 4.21. The predicted molar refractivity (Wildman–Crippen MR) is 112 cm³/mol. The third-order valence-corrected chi connectivity index (χ3v) is 6.04. The lowest BCUT2D eigenvalue weighted by atomic mass is 9.82. The molecular weight excluding hydrogens is 407 g/mol. The van der Waals surface area contributed by atoms with Crippen LogP contribution in [0, 0.1) is 36.9 Å². The second-order valence-corrected chi connectivity index (χ2v) is 8.22. The van der Waals surface area contributed by atoms with Gasteiger partial charge in [-0.05, 0) is 50.8 Å². The monoisotopic (exact) mass is 428 g/mol. The van der Waals surface area contributed by atoms with E-state index in [4.69, 9.17) is 16.3 Å². The van der Waals surface area contributed by atoms with Crippen molar-refractivity contribution in [2.45, 2.75) is 26.7 Å². The zero-order valence-corrected chi connectivity index (χ0v) is 17.5. The standard InChI is InChI=1S/C22H22ClFN4O2/c1-13-19(11-25-14(2)27-13)30-12-22(15-3-5-16(23)6-4-15)9-18(22)21(29)28-20-8-7-17(24)10-26-20/h3,5-8,10-11,15,18H,4,9,12H2,1-2H3,(H,26,28,29)/t15?,18-,22+/m0/s1. The smallest absolute Gasteiger partial charge is 0.229 e. The first-order valence-electron chi connectivity index (χ1n) is 9.77. The van der Waals surface area contributed by atoms with Gasteiger partial charge in [0, 0.05) is 16.4 Å². The van der Waals surface area contributed by atoms with E-state index in [-0.39, 0.29) is 23.2 Å². The molecule has 3 atom stereocenters. The van der Waals surface area contributed by atoms with Crippen molar-refractivity contribution in [3.05, 3.63) is 65.1 Å². The molecule has 6 nitrogen and oxygen atoms in total. The summed E-state index contributed by atoms with van der Waals surface area (Å²) in [5.74, 6) is 0.879. The number of aromatic nitrogens is 3. The van der Waals surface area contributed by atoms with E-state index in [1.807, 2.05) is 32.1 Å². The molecular formula is C22H22ClFN4O2. The van der Waals surface area contributed by atoms with Gasteiger partial charge >= 0.3 is 0 Å². The molecule has 0 spiro atoms. The topological polar surface area (TPSA) is 77.0 Å². The average molecular weight is 429 g/mol. The Labute approximate surface area is 179 Å². The number of amides is 1. The van der Waals surface area contributed by atoms with Crippen molar-refractivity contribution in [3.63, 3.8) is 0 Å². The highest BCUT2D eigenvalue weighted by molar-refractivity contribution is 6.31. The fourth-order valence-electron chi connectivity index (χ4n) is 3.96. The number of nitrogens with one attached hydrogen (secondary N) is 1. The zero-order chi connectivity index (χ0) is 21.3. The van der Waals surface area contributed by atoms with Gasteiger partial charge in [-0.3, -0.25) is 4.79 Å². The van der Waals surface area contributed by atoms with Gasteiger partial charge < -0.3 is 10.1 Å². The van der Waals surface area contributed by atoms with Crippen LogP contribution in [-0.4, -0.2) is 27.5 Å². The lowest BCUT2D eigenvalue weighted by Crippen LogP contribution is -2.29. The maximum absolute atomic E-state index is 13.1. The minimum atomic E-state index is -0.450. The summed E-state index contributed by atoms with van der Waals surface area (Å²) >= 11 is 6.09. The largest absolute Gasteiger partial charge is 0.489 e. The van der Waals surface area contributed by atoms with E-state index >= 15 is 0 Å². The number of halogens is 2. The van der Waals surface area contributed by atoms with E-state index in [1.54, 1.807) is 6.20 Å². The normalized spacial score (nSPS) is 24.9. The minimum Gasteiger partial charge on any atom is -0.489 e. The number of carbonyl (C=O) groups excluding carboxylic acids is 1. The van der Waals surface area contributed by atoms with Gasteiger partial charge in [-0.25, -0.2) is 19.3 Å². The van der Waals surface area contributed by atoms with Gasteiger partial charge in [-0.1, -0.05) is 23.8 Å². The Morgan fingerprint density at radius 1 is 1.33 bits per heavy atom. The molecule has 8 heteroatoms. The first-order valence-corrected chi connectivity index (χ1v) is 10.1. The van der Waals surface area contributed by atoms with Crippen LogP contribution in [0.5, 0.6) is 5.75 Å². The van der Waals surface area contributed by atoms with Gasteiger partial charge in [-0.15, -0.1) is 0 Å². The number of nitrogens with zero attached hydrogens (tertiary/aromatic N) is 3. The summed E-state index contributed by atoms with van der Waals surface area (Å²) in [5.41, 5.74) is 0.392. The number of ether oxygens (including phenoxy) is 1. The molecule has 156 valence electrons. The molecule has 1 unspecified atom stereocenters. The molecule has 1 saturated carbocycles. The highest BCUT2D eigenvalue weighted by atomic mass is 35.5. The molecule has 2 aliphatic carbocycles. The van der Waals surface area contributed by atoms with Crippen molar-refractivity contribution in [2.75, 3.05) is 11.9 Å². The number of aryl methyl sites for hydroxylation is 2. The Kier molecular flexibility index (Phi) is 5.56. The van der Waals surface area contributed by atoms with Crippen LogP contribution in [0.1, 0.15) is 24.4 Å². The fraction of sp³-hybridized carbons (Fsp3) is 0.364. The SMILES string of the molecule is Cc1ncc(OC[C@@]2(C3C=CC(Cl)=CC3)C[C@H]2C(=O)Nc2ccc(F)cn2)c(C)n1. The van der Waals surface area contributed by atoms with E-state index in [9.17, 15) is 9.18 Å². The van der Waals surface area contributed by atoms with Crippen molar-refractivity contribution >= 4 is 23.3 Å². The van der Waals surface area contributed by atoms with E-state index in [2.05, 4.69) is 20.3 Å². The molecule has 4 rings (SSSR count). The number of anilines is 1. The molecule has 2 aromatic heterocycles. The van der Waals surface area contributed by atoms with Crippen LogP contribution in [-0.2, 0) is 4.79 Å². The Hall–Kier alpha value is -2.80. The molecule has 0 radical (unpaired) electrons. The van der Waals surface area contributed by atoms with Gasteiger partial charge in [0.1, 0.15) is 17.5 Å². The van der Waals surface area contributed by atoms with E-state index in [0.29, 0.717) is 35.5 Å². The lowest BCUT2D eigenvalue weighted by Gasteiger charge is -2.27. The van der Waals surface area contributed by atoms with Gasteiger partial charge in [0.15, 0.2) is 5.75 Å². The molecule has 1 fully saturated rings. The van der Waals surface area contributed by atoms with Crippen molar-refractivity contribution in [1.82, 2.24) is 15.0 Å². The van der Waals surface area contributed by atoms with Crippen LogP contribution in [0.3, 0.4) is 0 Å². The van der Waals surface area contributed by atoms with Crippen LogP contribution in [0.15, 0.2) is 47.8 Å². The molecule has 0 aliphatic heterocycles. The third-order valence-electron chi connectivity index (χ3n) is 5.76. The van der Waals surface area contributed by atoms with Crippen molar-refractivity contribution in [1.29, 1.82) is 0 Å². The molecule has 1 N–H and O–H groups in total. The molecule has 1 amide bonds. The first kappa shape index (κ1) is 20.5. The van der Waals surface area contributed by atoms with E-state index in [1.165, 1.54) is 12.1 Å². The van der Waals surface area contributed by atoms with Crippen molar-refractivity contribution in [3.8, 4) is 5.75 Å². The van der Waals surface area contributed by atoms with Crippen LogP contribution >= 0.6 is 11.6 Å². The van der Waals surface area contributed by atoms with Crippen LogP contribution in [0.4, 0.5) is 10.2 Å². The molecule has 0 bridgehead atoms. The maximum Gasteiger partial charge on any atom is 0.229 e. The Morgan fingerprint density at radius 2 is 2.17 bits per heavy atom. The van der Waals surface area contributed by atoms with Crippen molar-refractivity contribution < 1.29 is 13.9 Å². The summed E-state index contributed by atoms with van der Waals surface area (Å²) in [6, 6.07) is 2.71. The second kappa shape index (κ2) is 8.14. The van der Waals surface area contributed by atoms with Crippen LogP contribution in [0.25, 0.3) is 0 Å². The van der Waals surface area contributed by atoms with Crippen LogP contribution in [0.2, 0.25) is 0 Å². The number of hydrogen-bond acceptors (Lipinski definition) is 5. The fourth-order valence-corrected chi connectivity index (χ4v) is 4.12. The highest BCUT2D eigenvalue weighted by Crippen LogP contribution is 2.60. The predicted octanol–water partition coefficient (Wildman–Crippen LogP) is 4.35. The molecule has 2 aliphatic rings. The number of pyridine rings is 1. The summed E-state index contributed by atoms with van der Waals surface area (Å²) in [7, 11) is 0. The second-order valence-electron chi connectivity index (χ2n) is 7.79. The summed E-state index contributed by atoms with van der Waals surface area (Å²) in [5, 5.41) is 3.48. The Morgan fingerprint density at radius 3 is 2.83 bits per heavy atom. The molecule has 0 aromatic carbocycles. The number of hydrogen-bond donors (Lipinski definition) is 1. The number of rotatable bonds is 6. The Balaban J connectivity index is 1.51. The summed E-state index contributed by atoms with van der Waals surface area (Å²) in [4.78, 5) is 25.4. The van der Waals surface area contributed by atoms with Crippen LogP contribution < -0.4 is 10.1 Å². The van der Waals surface area contributed by atoms with Gasteiger partial charge in [0.05, 0.1) is 24.7 Å². The number of allylic oxidation sites excluding steroid dienone is 4. The minimum absolute atomic E-state index is 0.114. The van der Waals surface area contributed by atoms with Gasteiger partial charge in [0.2, 0.25) is 5.91 Å². The zero-order valence-electron chi connectivity index (χ0n) is 16.7. The summed E-state index contributed by atoms with van der Waals surface area (Å²) in [6.07, 6.45) is 10.0. The quantitative estimate of drug-likeness (QED) is 0.740. The average Bonchev–Trinajstić information content (AvgIpc) is 3.45.